The minimum absolute atomic E-state index is 0.447. The molecule has 0 fully saturated rings. The van der Waals surface area contributed by atoms with Crippen molar-refractivity contribution < 1.29 is 4.79 Å². The smallest absolute Gasteiger partial charge is 0.248 e. The second kappa shape index (κ2) is 4.56. The Balaban J connectivity index is 2.55. The van der Waals surface area contributed by atoms with E-state index in [4.69, 9.17) is 5.73 Å². The molecule has 0 aliphatic carbocycles. The molecular formula is C14H15N3O. The molecule has 0 radical (unpaired) electrons. The summed E-state index contributed by atoms with van der Waals surface area (Å²) in [5.41, 5.74) is 9.51. The molecule has 1 aromatic carbocycles. The van der Waals surface area contributed by atoms with E-state index in [-0.39, 0.29) is 0 Å². The van der Waals surface area contributed by atoms with Crippen molar-refractivity contribution in [2.24, 2.45) is 5.73 Å². The maximum atomic E-state index is 11.2. The van der Waals surface area contributed by atoms with E-state index in [0.29, 0.717) is 11.4 Å². The van der Waals surface area contributed by atoms with Crippen LogP contribution in [0.2, 0.25) is 0 Å². The summed E-state index contributed by atoms with van der Waals surface area (Å²) in [6.45, 7) is 5.89. The highest BCUT2D eigenvalue weighted by molar-refractivity contribution is 5.93. The Hall–Kier alpha value is -2.23. The van der Waals surface area contributed by atoms with E-state index in [1.165, 1.54) is 0 Å². The van der Waals surface area contributed by atoms with Crippen LogP contribution in [0.4, 0.5) is 0 Å². The van der Waals surface area contributed by atoms with E-state index < -0.39 is 5.91 Å². The van der Waals surface area contributed by atoms with Gasteiger partial charge in [0.1, 0.15) is 0 Å². The SMILES string of the molecule is Cc1nc(-c2cccc(C(N)=O)c2)nc(C)c1C. The summed E-state index contributed by atoms with van der Waals surface area (Å²) in [5.74, 6) is 0.177. The molecule has 0 aliphatic rings. The van der Waals surface area contributed by atoms with Crippen molar-refractivity contribution in [3.05, 3.63) is 46.8 Å². The van der Waals surface area contributed by atoms with Gasteiger partial charge in [-0.05, 0) is 38.5 Å². The van der Waals surface area contributed by atoms with E-state index in [2.05, 4.69) is 9.97 Å². The van der Waals surface area contributed by atoms with Gasteiger partial charge in [-0.15, -0.1) is 0 Å². The van der Waals surface area contributed by atoms with Gasteiger partial charge in [0.25, 0.3) is 0 Å². The number of carbonyl (C=O) groups excluding carboxylic acids is 1. The first-order chi connectivity index (χ1) is 8.49. The van der Waals surface area contributed by atoms with E-state index in [1.807, 2.05) is 26.8 Å². The lowest BCUT2D eigenvalue weighted by Crippen LogP contribution is -2.10. The minimum atomic E-state index is -0.447. The zero-order chi connectivity index (χ0) is 13.3. The van der Waals surface area contributed by atoms with Crippen LogP contribution >= 0.6 is 0 Å². The highest BCUT2D eigenvalue weighted by Gasteiger charge is 2.08. The number of nitrogens with two attached hydrogens (primary N) is 1. The van der Waals surface area contributed by atoms with Crippen LogP contribution in [0.5, 0.6) is 0 Å². The Morgan fingerprint density at radius 2 is 1.72 bits per heavy atom. The minimum Gasteiger partial charge on any atom is -0.366 e. The van der Waals surface area contributed by atoms with Gasteiger partial charge < -0.3 is 5.73 Å². The van der Waals surface area contributed by atoms with E-state index >= 15 is 0 Å². The van der Waals surface area contributed by atoms with Crippen LogP contribution in [-0.4, -0.2) is 15.9 Å². The summed E-state index contributed by atoms with van der Waals surface area (Å²) >= 11 is 0. The van der Waals surface area contributed by atoms with Crippen LogP contribution in [0, 0.1) is 20.8 Å². The molecule has 4 nitrogen and oxygen atoms in total. The summed E-state index contributed by atoms with van der Waals surface area (Å²) < 4.78 is 0. The van der Waals surface area contributed by atoms with Crippen LogP contribution in [0.25, 0.3) is 11.4 Å². The number of benzene rings is 1. The fourth-order valence-electron chi connectivity index (χ4n) is 1.71. The predicted molar refractivity (Wildman–Crippen MR) is 70.2 cm³/mol. The summed E-state index contributed by atoms with van der Waals surface area (Å²) in [4.78, 5) is 20.0. The number of nitrogens with zero attached hydrogens (tertiary/aromatic N) is 2. The highest BCUT2D eigenvalue weighted by Crippen LogP contribution is 2.19. The van der Waals surface area contributed by atoms with Crippen molar-refractivity contribution in [1.82, 2.24) is 9.97 Å². The van der Waals surface area contributed by atoms with E-state index in [1.54, 1.807) is 18.2 Å². The Kier molecular flexibility index (Phi) is 3.10. The van der Waals surface area contributed by atoms with Crippen LogP contribution < -0.4 is 5.73 Å². The normalized spacial score (nSPS) is 10.4. The molecular weight excluding hydrogens is 226 g/mol. The number of primary amides is 1. The largest absolute Gasteiger partial charge is 0.366 e. The lowest BCUT2D eigenvalue weighted by atomic mass is 10.1. The average Bonchev–Trinajstić information content (AvgIpc) is 2.35. The first-order valence-corrected chi connectivity index (χ1v) is 5.71. The van der Waals surface area contributed by atoms with E-state index in [9.17, 15) is 4.79 Å². The van der Waals surface area contributed by atoms with Gasteiger partial charge in [-0.2, -0.15) is 0 Å². The van der Waals surface area contributed by atoms with Crippen molar-refractivity contribution in [2.75, 3.05) is 0 Å². The molecule has 0 atom stereocenters. The number of hydrogen-bond donors (Lipinski definition) is 1. The highest BCUT2D eigenvalue weighted by atomic mass is 16.1. The molecule has 2 aromatic rings. The summed E-state index contributed by atoms with van der Waals surface area (Å²) in [6.07, 6.45) is 0. The molecule has 0 bridgehead atoms. The van der Waals surface area contributed by atoms with Gasteiger partial charge in [0.15, 0.2) is 5.82 Å². The standard InChI is InChI=1S/C14H15N3O/c1-8-9(2)16-14(17-10(8)3)12-6-4-5-11(7-12)13(15)18/h4-7H,1-3H3,(H2,15,18). The topological polar surface area (TPSA) is 68.9 Å². The summed E-state index contributed by atoms with van der Waals surface area (Å²) in [5, 5.41) is 0. The van der Waals surface area contributed by atoms with Gasteiger partial charge in [0, 0.05) is 22.5 Å². The van der Waals surface area contributed by atoms with Crippen molar-refractivity contribution in [3.8, 4) is 11.4 Å². The monoisotopic (exact) mass is 241 g/mol. The maximum Gasteiger partial charge on any atom is 0.248 e. The second-order valence-electron chi connectivity index (χ2n) is 4.29. The number of hydrogen-bond acceptors (Lipinski definition) is 3. The van der Waals surface area contributed by atoms with Gasteiger partial charge in [-0.1, -0.05) is 12.1 Å². The Morgan fingerprint density at radius 1 is 1.11 bits per heavy atom. The molecule has 0 spiro atoms. The zero-order valence-electron chi connectivity index (χ0n) is 10.7. The number of carbonyl (C=O) groups is 1. The first-order valence-electron chi connectivity index (χ1n) is 5.71. The van der Waals surface area contributed by atoms with Crippen LogP contribution in [0.3, 0.4) is 0 Å². The fourth-order valence-corrected chi connectivity index (χ4v) is 1.71. The average molecular weight is 241 g/mol. The van der Waals surface area contributed by atoms with Crippen molar-refractivity contribution in [2.45, 2.75) is 20.8 Å². The molecule has 2 N–H and O–H groups in total. The van der Waals surface area contributed by atoms with E-state index in [0.717, 1.165) is 22.5 Å². The Labute approximate surface area is 106 Å². The van der Waals surface area contributed by atoms with Crippen LogP contribution in [-0.2, 0) is 0 Å². The van der Waals surface area contributed by atoms with Gasteiger partial charge in [0.2, 0.25) is 5.91 Å². The lowest BCUT2D eigenvalue weighted by Gasteiger charge is -2.07. The van der Waals surface area contributed by atoms with Crippen molar-refractivity contribution >= 4 is 5.91 Å². The van der Waals surface area contributed by atoms with Gasteiger partial charge >= 0.3 is 0 Å². The molecule has 0 aliphatic heterocycles. The molecule has 2 rings (SSSR count). The molecule has 0 unspecified atom stereocenters. The Bertz CT molecular complexity index is 597. The summed E-state index contributed by atoms with van der Waals surface area (Å²) in [7, 11) is 0. The summed E-state index contributed by atoms with van der Waals surface area (Å²) in [6, 6.07) is 7.05. The second-order valence-corrected chi connectivity index (χ2v) is 4.29. The Morgan fingerprint density at radius 3 is 2.28 bits per heavy atom. The number of aromatic nitrogens is 2. The third-order valence-electron chi connectivity index (χ3n) is 3.04. The quantitative estimate of drug-likeness (QED) is 0.876. The molecule has 92 valence electrons. The number of amides is 1. The molecule has 1 heterocycles. The molecule has 1 amide bonds. The predicted octanol–water partition coefficient (Wildman–Crippen LogP) is 2.17. The molecule has 4 heteroatoms. The number of aryl methyl sites for hydroxylation is 2. The molecule has 1 aromatic heterocycles. The van der Waals surface area contributed by atoms with Crippen LogP contribution in [0.1, 0.15) is 27.3 Å². The number of rotatable bonds is 2. The molecule has 0 saturated heterocycles. The van der Waals surface area contributed by atoms with Crippen molar-refractivity contribution in [3.63, 3.8) is 0 Å². The zero-order valence-corrected chi connectivity index (χ0v) is 10.7. The van der Waals surface area contributed by atoms with Gasteiger partial charge in [0.05, 0.1) is 0 Å². The van der Waals surface area contributed by atoms with Gasteiger partial charge in [-0.3, -0.25) is 4.79 Å². The lowest BCUT2D eigenvalue weighted by molar-refractivity contribution is 0.100. The fraction of sp³-hybridized carbons (Fsp3) is 0.214. The molecule has 0 saturated carbocycles. The maximum absolute atomic E-state index is 11.2. The van der Waals surface area contributed by atoms with Crippen LogP contribution in [0.15, 0.2) is 24.3 Å². The first kappa shape index (κ1) is 12.2. The third kappa shape index (κ3) is 2.22. The third-order valence-corrected chi connectivity index (χ3v) is 3.04. The molecule has 18 heavy (non-hydrogen) atoms. The van der Waals surface area contributed by atoms with Crippen molar-refractivity contribution in [1.29, 1.82) is 0 Å². The van der Waals surface area contributed by atoms with Gasteiger partial charge in [-0.25, -0.2) is 9.97 Å².